The van der Waals surface area contributed by atoms with Crippen molar-refractivity contribution in [3.8, 4) is 23.0 Å². The quantitative estimate of drug-likeness (QED) is 0.386. The van der Waals surface area contributed by atoms with Crippen LogP contribution in [0.1, 0.15) is 51.2 Å². The minimum atomic E-state index is -0.00584. The maximum atomic E-state index is 10.5. The van der Waals surface area contributed by atoms with Crippen LogP contribution in [-0.4, -0.2) is 24.4 Å². The Labute approximate surface area is 170 Å². The maximum Gasteiger partial charge on any atom is 0.207 e. The van der Waals surface area contributed by atoms with Crippen LogP contribution in [0.4, 0.5) is 0 Å². The van der Waals surface area contributed by atoms with E-state index in [1.54, 1.807) is 6.92 Å². The van der Waals surface area contributed by atoms with Crippen molar-refractivity contribution in [2.75, 3.05) is 14.2 Å². The van der Waals surface area contributed by atoms with Gasteiger partial charge >= 0.3 is 0 Å². The first-order valence-electron chi connectivity index (χ1n) is 9.62. The van der Waals surface area contributed by atoms with E-state index in [1.165, 1.54) is 19.8 Å². The lowest BCUT2D eigenvalue weighted by molar-refractivity contribution is 0.314. The zero-order chi connectivity index (χ0) is 21.3. The van der Waals surface area contributed by atoms with Crippen LogP contribution in [0, 0.1) is 19.8 Å². The zero-order valence-corrected chi connectivity index (χ0v) is 18.0. The second-order valence-electron chi connectivity index (χ2n) is 7.26. The van der Waals surface area contributed by atoms with Gasteiger partial charge in [0.2, 0.25) is 11.5 Å². The molecule has 0 saturated carbocycles. The summed E-state index contributed by atoms with van der Waals surface area (Å²) in [6.07, 6.45) is 11.9. The van der Waals surface area contributed by atoms with Gasteiger partial charge in [-0.1, -0.05) is 42.4 Å². The Balaban J connectivity index is 2.79. The smallest absolute Gasteiger partial charge is 0.207 e. The molecule has 0 amide bonds. The molecule has 0 aliphatic heterocycles. The lowest BCUT2D eigenvalue weighted by Gasteiger charge is -2.17. The van der Waals surface area contributed by atoms with Gasteiger partial charge < -0.3 is 19.7 Å². The third-order valence-electron chi connectivity index (χ3n) is 4.79. The van der Waals surface area contributed by atoms with Crippen LogP contribution < -0.4 is 9.47 Å². The third-order valence-corrected chi connectivity index (χ3v) is 4.79. The predicted molar refractivity (Wildman–Crippen MR) is 115 cm³/mol. The van der Waals surface area contributed by atoms with Crippen LogP contribution in [0.5, 0.6) is 23.0 Å². The normalized spacial score (nSPS) is 13.8. The van der Waals surface area contributed by atoms with E-state index in [4.69, 9.17) is 16.4 Å². The van der Waals surface area contributed by atoms with Gasteiger partial charge in [-0.05, 0) is 59.3 Å². The lowest BCUT2D eigenvalue weighted by Crippen LogP contribution is -1.98. The number of hydrogen-bond acceptors (Lipinski definition) is 4. The van der Waals surface area contributed by atoms with E-state index in [9.17, 15) is 10.2 Å². The van der Waals surface area contributed by atoms with Crippen molar-refractivity contribution < 1.29 is 19.7 Å². The maximum absolute atomic E-state index is 10.5. The van der Waals surface area contributed by atoms with Crippen molar-refractivity contribution >= 4 is 0 Å². The summed E-state index contributed by atoms with van der Waals surface area (Å²) in [6.45, 7) is 13.6. The van der Waals surface area contributed by atoms with Gasteiger partial charge in [0, 0.05) is 11.1 Å². The lowest BCUT2D eigenvalue weighted by atomic mass is 9.99. The molecule has 0 saturated heterocycles. The third kappa shape index (κ3) is 6.66. The molecule has 2 N–H and O–H groups in total. The number of rotatable bonds is 10. The average molecular weight is 387 g/mol. The van der Waals surface area contributed by atoms with E-state index < -0.39 is 0 Å². The average Bonchev–Trinajstić information content (AvgIpc) is 2.64. The van der Waals surface area contributed by atoms with Gasteiger partial charge in [0.15, 0.2) is 11.5 Å². The fourth-order valence-corrected chi connectivity index (χ4v) is 2.99. The summed E-state index contributed by atoms with van der Waals surface area (Å²) >= 11 is 0. The fraction of sp³-hybridized carbons (Fsp3) is 0.458. The van der Waals surface area contributed by atoms with Crippen LogP contribution in [-0.2, 0) is 6.42 Å². The molecule has 154 valence electrons. The number of allylic oxidation sites excluding steroid dienone is 6. The molecule has 1 atom stereocenters. The Morgan fingerprint density at radius 1 is 1.07 bits per heavy atom. The van der Waals surface area contributed by atoms with E-state index in [0.29, 0.717) is 23.5 Å². The van der Waals surface area contributed by atoms with Crippen LogP contribution in [0.3, 0.4) is 0 Å². The van der Waals surface area contributed by atoms with Gasteiger partial charge in [-0.3, -0.25) is 0 Å². The molecule has 0 aliphatic rings. The summed E-state index contributed by atoms with van der Waals surface area (Å²) in [4.78, 5) is 0. The van der Waals surface area contributed by atoms with Crippen LogP contribution in [0.2, 0.25) is 0 Å². The number of phenolic OH excluding ortho intramolecular Hbond substituents is 2. The molecule has 1 aromatic carbocycles. The molecule has 4 heteroatoms. The topological polar surface area (TPSA) is 58.9 Å². The standard InChI is InChI=1S/C24H34O4/c1-16(2)10-8-11-17(3)12-9-13-18(4)14-15-20-19(5)21(25)23(27-6)24(28-7)22(20)26/h1,9-10,12,14,17,25-26H,8,11,13,15H2,2-7H3/b12-9+,16-10-,18-14+. The Morgan fingerprint density at radius 3 is 2.25 bits per heavy atom. The fourth-order valence-electron chi connectivity index (χ4n) is 2.99. The minimum Gasteiger partial charge on any atom is -0.504 e. The molecule has 0 aliphatic carbocycles. The molecule has 1 unspecified atom stereocenters. The van der Waals surface area contributed by atoms with E-state index in [1.807, 2.05) is 6.92 Å². The van der Waals surface area contributed by atoms with Gasteiger partial charge in [-0.25, -0.2) is 0 Å². The zero-order valence-electron chi connectivity index (χ0n) is 18.0. The summed E-state index contributed by atoms with van der Waals surface area (Å²) in [6, 6.07) is 0. The molecule has 1 aromatic rings. The molecule has 0 heterocycles. The van der Waals surface area contributed by atoms with Gasteiger partial charge in [-0.15, -0.1) is 0 Å². The number of benzene rings is 1. The van der Waals surface area contributed by atoms with Crippen molar-refractivity contribution in [3.63, 3.8) is 0 Å². The summed E-state index contributed by atoms with van der Waals surface area (Å²) in [5.74, 6) is 0.804. The summed E-state index contributed by atoms with van der Waals surface area (Å²) in [5, 5.41) is 20.8. The second-order valence-corrected chi connectivity index (χ2v) is 7.26. The van der Waals surface area contributed by atoms with E-state index in [0.717, 1.165) is 24.8 Å². The van der Waals surface area contributed by atoms with Gasteiger partial charge in [0.1, 0.15) is 0 Å². The highest BCUT2D eigenvalue weighted by Gasteiger charge is 2.22. The molecule has 0 bridgehead atoms. The monoisotopic (exact) mass is 386 g/mol. The number of hydrogen-bond donors (Lipinski definition) is 2. The predicted octanol–water partition coefficient (Wildman–Crippen LogP) is 5.93. The highest BCUT2D eigenvalue weighted by atomic mass is 16.5. The first kappa shape index (κ1) is 23.7. The van der Waals surface area contributed by atoms with Crippen molar-refractivity contribution in [1.29, 1.82) is 0 Å². The van der Waals surface area contributed by atoms with E-state index >= 15 is 0 Å². The Bertz CT molecular complexity index is 738. The van der Waals surface area contributed by atoms with E-state index in [2.05, 4.69) is 38.2 Å². The Hall–Kier alpha value is -2.36. The Morgan fingerprint density at radius 2 is 1.68 bits per heavy atom. The van der Waals surface area contributed by atoms with Crippen LogP contribution in [0.25, 0.3) is 0 Å². The summed E-state index contributed by atoms with van der Waals surface area (Å²) in [5.41, 5.74) is 3.28. The second kappa shape index (κ2) is 11.5. The highest BCUT2D eigenvalue weighted by Crippen LogP contribution is 2.48. The molecular formula is C24H34O4. The molecule has 0 spiro atoms. The molecule has 28 heavy (non-hydrogen) atoms. The summed E-state index contributed by atoms with van der Waals surface area (Å²) < 4.78 is 10.4. The van der Waals surface area contributed by atoms with Crippen molar-refractivity contribution in [2.45, 2.75) is 53.4 Å². The summed E-state index contributed by atoms with van der Waals surface area (Å²) in [7, 11) is 2.87. The van der Waals surface area contributed by atoms with Crippen LogP contribution >= 0.6 is 0 Å². The molecule has 1 rings (SSSR count). The highest BCUT2D eigenvalue weighted by molar-refractivity contribution is 5.66. The van der Waals surface area contributed by atoms with Gasteiger partial charge in [0.05, 0.1) is 14.2 Å². The van der Waals surface area contributed by atoms with Crippen molar-refractivity contribution in [1.82, 2.24) is 0 Å². The number of methoxy groups -OCH3 is 2. The van der Waals surface area contributed by atoms with E-state index in [-0.39, 0.29) is 23.0 Å². The number of phenols is 2. The van der Waals surface area contributed by atoms with Crippen molar-refractivity contribution in [2.24, 2.45) is 5.92 Å². The Kier molecular flexibility index (Phi) is 9.70. The van der Waals surface area contributed by atoms with Crippen LogP contribution in [0.15, 0.2) is 35.5 Å². The SMILES string of the molecule is [CH]/C(C)=C/CCC(C)/C=C/C/C(C)=C/Cc1c(C)c(O)c(OC)c(OC)c1O. The largest absolute Gasteiger partial charge is 0.504 e. The van der Waals surface area contributed by atoms with Crippen molar-refractivity contribution in [3.05, 3.63) is 53.5 Å². The molecular weight excluding hydrogens is 352 g/mol. The number of ether oxygens (including phenoxy) is 2. The molecule has 0 aromatic heterocycles. The van der Waals surface area contributed by atoms with Gasteiger partial charge in [-0.2, -0.15) is 0 Å². The first-order chi connectivity index (χ1) is 13.2. The molecule has 0 fully saturated rings. The number of aromatic hydroxyl groups is 2. The molecule has 2 radical (unpaired) electrons. The minimum absolute atomic E-state index is 0.00566. The molecule has 4 nitrogen and oxygen atoms in total. The first-order valence-corrected chi connectivity index (χ1v) is 9.62. The van der Waals surface area contributed by atoms with Gasteiger partial charge in [0.25, 0.3) is 0 Å².